The Morgan fingerprint density at radius 2 is 1.64 bits per heavy atom. The maximum atomic E-state index is 12.4. The highest BCUT2D eigenvalue weighted by Gasteiger charge is 2.34. The monoisotopic (exact) mass is 353 g/mol. The average molecular weight is 353 g/mol. The number of imide groups is 1. The SMILES string of the molecule is CC(C)(C)OC(=O)NC(=N)N(C(=O)OC(C)(C)C)C(=O)c1ccco1. The van der Waals surface area contributed by atoms with Gasteiger partial charge in [-0.15, -0.1) is 0 Å². The number of rotatable bonds is 1. The van der Waals surface area contributed by atoms with E-state index in [0.717, 1.165) is 0 Å². The van der Waals surface area contributed by atoms with Crippen LogP contribution in [0.25, 0.3) is 0 Å². The zero-order valence-corrected chi connectivity index (χ0v) is 15.1. The normalized spacial score (nSPS) is 11.4. The van der Waals surface area contributed by atoms with Crippen LogP contribution in [0.15, 0.2) is 22.8 Å². The highest BCUT2D eigenvalue weighted by Crippen LogP contribution is 2.14. The van der Waals surface area contributed by atoms with Gasteiger partial charge in [-0.25, -0.2) is 9.59 Å². The average Bonchev–Trinajstić information content (AvgIpc) is 2.86. The van der Waals surface area contributed by atoms with Crippen molar-refractivity contribution in [2.75, 3.05) is 0 Å². The molecule has 0 saturated carbocycles. The molecule has 0 fully saturated rings. The molecule has 25 heavy (non-hydrogen) atoms. The number of amides is 3. The van der Waals surface area contributed by atoms with Crippen molar-refractivity contribution < 1.29 is 28.3 Å². The first-order chi connectivity index (χ1) is 11.3. The van der Waals surface area contributed by atoms with E-state index in [1.54, 1.807) is 41.5 Å². The molecule has 1 heterocycles. The Hall–Kier alpha value is -2.84. The second kappa shape index (κ2) is 7.37. The molecule has 0 saturated heterocycles. The highest BCUT2D eigenvalue weighted by molar-refractivity contribution is 6.16. The first kappa shape index (κ1) is 20.2. The molecule has 0 unspecified atom stereocenters. The van der Waals surface area contributed by atoms with E-state index in [1.165, 1.54) is 18.4 Å². The summed E-state index contributed by atoms with van der Waals surface area (Å²) >= 11 is 0. The van der Waals surface area contributed by atoms with Gasteiger partial charge < -0.3 is 13.9 Å². The molecule has 9 heteroatoms. The first-order valence-electron chi connectivity index (χ1n) is 7.49. The Morgan fingerprint density at radius 3 is 2.08 bits per heavy atom. The molecule has 138 valence electrons. The van der Waals surface area contributed by atoms with E-state index in [0.29, 0.717) is 4.90 Å². The fourth-order valence-electron chi connectivity index (χ4n) is 1.55. The number of alkyl carbamates (subject to hydrolysis) is 1. The number of ether oxygens (including phenoxy) is 2. The Balaban J connectivity index is 3.01. The number of guanidine groups is 1. The van der Waals surface area contributed by atoms with E-state index in [4.69, 9.17) is 19.3 Å². The van der Waals surface area contributed by atoms with Crippen LogP contribution in [0.1, 0.15) is 52.1 Å². The molecule has 0 spiro atoms. The highest BCUT2D eigenvalue weighted by atomic mass is 16.6. The first-order valence-corrected chi connectivity index (χ1v) is 7.49. The van der Waals surface area contributed by atoms with Crippen molar-refractivity contribution in [1.29, 1.82) is 5.41 Å². The minimum Gasteiger partial charge on any atom is -0.459 e. The van der Waals surface area contributed by atoms with Gasteiger partial charge in [0.2, 0.25) is 5.96 Å². The van der Waals surface area contributed by atoms with Gasteiger partial charge in [0.25, 0.3) is 0 Å². The Morgan fingerprint density at radius 1 is 1.08 bits per heavy atom. The van der Waals surface area contributed by atoms with E-state index in [-0.39, 0.29) is 5.76 Å². The van der Waals surface area contributed by atoms with Crippen LogP contribution in [-0.4, -0.2) is 40.2 Å². The van der Waals surface area contributed by atoms with Gasteiger partial charge in [0.05, 0.1) is 6.26 Å². The van der Waals surface area contributed by atoms with Crippen molar-refractivity contribution in [1.82, 2.24) is 10.2 Å². The van der Waals surface area contributed by atoms with Gasteiger partial charge in [-0.05, 0) is 53.7 Å². The largest absolute Gasteiger partial charge is 0.459 e. The fraction of sp³-hybridized carbons (Fsp3) is 0.500. The summed E-state index contributed by atoms with van der Waals surface area (Å²) in [5.41, 5.74) is -1.73. The molecule has 0 bridgehead atoms. The molecule has 0 aliphatic heterocycles. The maximum absolute atomic E-state index is 12.4. The molecule has 0 aliphatic rings. The zero-order chi connectivity index (χ0) is 19.4. The lowest BCUT2D eigenvalue weighted by molar-refractivity contribution is 0.0332. The predicted molar refractivity (Wildman–Crippen MR) is 88.2 cm³/mol. The third-order valence-electron chi connectivity index (χ3n) is 2.35. The fourth-order valence-corrected chi connectivity index (χ4v) is 1.55. The molecule has 0 atom stereocenters. The number of nitrogens with one attached hydrogen (secondary N) is 2. The lowest BCUT2D eigenvalue weighted by Crippen LogP contribution is -2.51. The van der Waals surface area contributed by atoms with Crippen molar-refractivity contribution in [2.45, 2.75) is 52.7 Å². The van der Waals surface area contributed by atoms with Crippen LogP contribution < -0.4 is 5.32 Å². The number of furan rings is 1. The quantitative estimate of drug-likeness (QED) is 0.591. The predicted octanol–water partition coefficient (Wildman–Crippen LogP) is 3.12. The minimum atomic E-state index is -1.13. The van der Waals surface area contributed by atoms with E-state index < -0.39 is 35.3 Å². The summed E-state index contributed by atoms with van der Waals surface area (Å²) in [6.07, 6.45) is -0.876. The van der Waals surface area contributed by atoms with Crippen molar-refractivity contribution in [3.05, 3.63) is 24.2 Å². The van der Waals surface area contributed by atoms with E-state index in [2.05, 4.69) is 0 Å². The molecule has 1 rings (SSSR count). The Kier molecular flexibility index (Phi) is 5.96. The van der Waals surface area contributed by atoms with Gasteiger partial charge in [0.15, 0.2) is 5.76 Å². The molecule has 0 aromatic carbocycles. The van der Waals surface area contributed by atoms with Crippen molar-refractivity contribution in [2.24, 2.45) is 0 Å². The summed E-state index contributed by atoms with van der Waals surface area (Å²) in [4.78, 5) is 36.9. The molecular formula is C16H23N3O6. The standard InChI is InChI=1S/C16H23N3O6/c1-15(2,3)24-13(21)18-12(17)19(14(22)25-16(4,5)6)11(20)10-8-7-9-23-10/h7-9H,1-6H3,(H2,17,18,21). The molecule has 3 amide bonds. The van der Waals surface area contributed by atoms with E-state index >= 15 is 0 Å². The number of hydrogen-bond acceptors (Lipinski definition) is 7. The summed E-state index contributed by atoms with van der Waals surface area (Å²) < 4.78 is 15.1. The Bertz CT molecular complexity index is 652. The molecule has 0 radical (unpaired) electrons. The number of nitrogens with zero attached hydrogens (tertiary/aromatic N) is 1. The second-order valence-corrected chi connectivity index (χ2v) is 7.07. The summed E-state index contributed by atoms with van der Waals surface area (Å²) in [6.45, 7) is 9.71. The second-order valence-electron chi connectivity index (χ2n) is 7.07. The van der Waals surface area contributed by atoms with Gasteiger partial charge >= 0.3 is 18.1 Å². The molecular weight excluding hydrogens is 330 g/mol. The van der Waals surface area contributed by atoms with Crippen LogP contribution in [0.4, 0.5) is 9.59 Å². The Labute approximate surface area is 145 Å². The lowest BCUT2D eigenvalue weighted by Gasteiger charge is -2.26. The van der Waals surface area contributed by atoms with E-state index in [1.807, 2.05) is 5.32 Å². The molecule has 2 N–H and O–H groups in total. The molecule has 9 nitrogen and oxygen atoms in total. The lowest BCUT2D eigenvalue weighted by atomic mass is 10.2. The summed E-state index contributed by atoms with van der Waals surface area (Å²) in [6, 6.07) is 2.77. The number of hydrogen-bond donors (Lipinski definition) is 2. The maximum Gasteiger partial charge on any atom is 0.424 e. The van der Waals surface area contributed by atoms with Crippen LogP contribution in [0.5, 0.6) is 0 Å². The van der Waals surface area contributed by atoms with Crippen LogP contribution in [-0.2, 0) is 9.47 Å². The van der Waals surface area contributed by atoms with Gasteiger partial charge in [0.1, 0.15) is 11.2 Å². The third-order valence-corrected chi connectivity index (χ3v) is 2.35. The van der Waals surface area contributed by atoms with Gasteiger partial charge in [-0.3, -0.25) is 15.5 Å². The summed E-state index contributed by atoms with van der Waals surface area (Å²) in [5.74, 6) is -1.97. The van der Waals surface area contributed by atoms with Crippen molar-refractivity contribution in [3.63, 3.8) is 0 Å². The van der Waals surface area contributed by atoms with Crippen molar-refractivity contribution in [3.8, 4) is 0 Å². The third kappa shape index (κ3) is 6.66. The van der Waals surface area contributed by atoms with Gasteiger partial charge in [-0.2, -0.15) is 4.90 Å². The van der Waals surface area contributed by atoms with Gasteiger partial charge in [0, 0.05) is 0 Å². The van der Waals surface area contributed by atoms with Crippen LogP contribution >= 0.6 is 0 Å². The van der Waals surface area contributed by atoms with Crippen LogP contribution in [0.3, 0.4) is 0 Å². The van der Waals surface area contributed by atoms with Crippen LogP contribution in [0, 0.1) is 5.41 Å². The van der Waals surface area contributed by atoms with E-state index in [9.17, 15) is 14.4 Å². The van der Waals surface area contributed by atoms with Gasteiger partial charge in [-0.1, -0.05) is 0 Å². The number of carbonyl (C=O) groups is 3. The zero-order valence-electron chi connectivity index (χ0n) is 15.1. The topological polar surface area (TPSA) is 122 Å². The molecule has 1 aromatic rings. The summed E-state index contributed by atoms with van der Waals surface area (Å²) in [5, 5.41) is 9.94. The van der Waals surface area contributed by atoms with Crippen molar-refractivity contribution >= 4 is 24.1 Å². The summed E-state index contributed by atoms with van der Waals surface area (Å²) in [7, 11) is 0. The van der Waals surface area contributed by atoms with Crippen LogP contribution in [0.2, 0.25) is 0 Å². The molecule has 1 aromatic heterocycles. The smallest absolute Gasteiger partial charge is 0.424 e. The minimum absolute atomic E-state index is 0.193. The number of carbonyl (C=O) groups excluding carboxylic acids is 3. The molecule has 0 aliphatic carbocycles.